The second-order valence-corrected chi connectivity index (χ2v) is 2.15. The molecule has 1 aliphatic rings. The Balaban J connectivity index is 2.94. The summed E-state index contributed by atoms with van der Waals surface area (Å²) in [6.07, 6.45) is 1.23. The van der Waals surface area contributed by atoms with Crippen LogP contribution in [0.15, 0.2) is 0 Å². The Hall–Kier alpha value is -1.28. The smallest absolute Gasteiger partial charge is 0.360 e. The van der Waals surface area contributed by atoms with Crippen molar-refractivity contribution < 1.29 is 14.4 Å². The fraction of sp³-hybridized carbons (Fsp3) is 0.500. The number of hydrogen-bond acceptors (Lipinski definition) is 2. The molecule has 1 saturated carbocycles. The number of carbonyl (C=O) groups is 2. The summed E-state index contributed by atoms with van der Waals surface area (Å²) in [5, 5.41) is 0. The predicted molar refractivity (Wildman–Crippen MR) is 32.5 cm³/mol. The van der Waals surface area contributed by atoms with Gasteiger partial charge < -0.3 is 5.53 Å². The van der Waals surface area contributed by atoms with Crippen LogP contribution in [0, 0.1) is 0 Å². The molecule has 0 atom stereocenters. The van der Waals surface area contributed by atoms with Crippen LogP contribution in [0.4, 0.5) is 0 Å². The highest BCUT2D eigenvalue weighted by Gasteiger charge is 2.32. The first kappa shape index (κ1) is 6.83. The Bertz CT molecular complexity index is 220. The van der Waals surface area contributed by atoms with Gasteiger partial charge in [-0.1, -0.05) is 0 Å². The van der Waals surface area contributed by atoms with Gasteiger partial charge in [-0.25, -0.2) is 0 Å². The van der Waals surface area contributed by atoms with E-state index in [0.29, 0.717) is 19.3 Å². The monoisotopic (exact) mass is 138 g/mol. The molecule has 0 aromatic rings. The molecule has 0 heterocycles. The normalized spacial score (nSPS) is 19.0. The standard InChI is InChI=1S/C6H6N2O2/c7-8-6-4(9)2-1-3-5(6)10/h1-3H2. The molecular formula is C6H6N2O2. The van der Waals surface area contributed by atoms with Crippen molar-refractivity contribution >= 4 is 17.3 Å². The largest absolute Gasteiger partial charge is 0.400 e. The van der Waals surface area contributed by atoms with Gasteiger partial charge in [0, 0.05) is 12.8 Å². The lowest BCUT2D eigenvalue weighted by Crippen LogP contribution is -2.29. The Morgan fingerprint density at radius 2 is 1.70 bits per heavy atom. The van der Waals surface area contributed by atoms with Crippen molar-refractivity contribution in [3.05, 3.63) is 5.53 Å². The number of Topliss-reactive ketones (excluding diaryl/α,β-unsaturated/α-hetero) is 2. The lowest BCUT2D eigenvalue weighted by molar-refractivity contribution is -0.126. The van der Waals surface area contributed by atoms with Gasteiger partial charge in [0.05, 0.1) is 0 Å². The summed E-state index contributed by atoms with van der Waals surface area (Å²) in [5.74, 6) is -0.697. The van der Waals surface area contributed by atoms with Crippen LogP contribution in [0.1, 0.15) is 19.3 Å². The first-order chi connectivity index (χ1) is 4.75. The Labute approximate surface area is 57.5 Å². The average Bonchev–Trinajstić information content (AvgIpc) is 1.88. The fourth-order valence-electron chi connectivity index (χ4n) is 0.913. The molecule has 0 N–H and O–H groups in total. The van der Waals surface area contributed by atoms with Gasteiger partial charge in [-0.05, 0) is 6.42 Å². The first-order valence-electron chi connectivity index (χ1n) is 3.04. The third-order valence-corrected chi connectivity index (χ3v) is 1.44. The molecule has 0 amide bonds. The highest BCUT2D eigenvalue weighted by atomic mass is 16.2. The minimum absolute atomic E-state index is 0.286. The predicted octanol–water partition coefficient (Wildman–Crippen LogP) is -0.0207. The molecule has 4 nitrogen and oxygen atoms in total. The number of carbonyl (C=O) groups excluding carboxylic acids is 2. The molecule has 1 aliphatic carbocycles. The molecule has 10 heavy (non-hydrogen) atoms. The zero-order chi connectivity index (χ0) is 7.56. The molecule has 1 fully saturated rings. The summed E-state index contributed by atoms with van der Waals surface area (Å²) < 4.78 is 0. The average molecular weight is 138 g/mol. The van der Waals surface area contributed by atoms with E-state index in [9.17, 15) is 9.59 Å². The van der Waals surface area contributed by atoms with Crippen LogP contribution in [-0.2, 0) is 9.59 Å². The number of nitrogens with zero attached hydrogens (tertiary/aromatic N) is 2. The summed E-state index contributed by atoms with van der Waals surface area (Å²) in [4.78, 5) is 24.1. The molecular weight excluding hydrogens is 132 g/mol. The van der Waals surface area contributed by atoms with E-state index in [2.05, 4.69) is 4.79 Å². The lowest BCUT2D eigenvalue weighted by atomic mass is 9.96. The zero-order valence-electron chi connectivity index (χ0n) is 5.33. The van der Waals surface area contributed by atoms with Gasteiger partial charge in [0.2, 0.25) is 11.6 Å². The number of hydrogen-bond donors (Lipinski definition) is 0. The first-order valence-corrected chi connectivity index (χ1v) is 3.04. The van der Waals surface area contributed by atoms with Crippen LogP contribution in [0.3, 0.4) is 0 Å². The van der Waals surface area contributed by atoms with Crippen molar-refractivity contribution in [1.29, 1.82) is 0 Å². The van der Waals surface area contributed by atoms with E-state index in [0.717, 1.165) is 0 Å². The maximum absolute atomic E-state index is 10.7. The number of rotatable bonds is 0. The summed E-state index contributed by atoms with van der Waals surface area (Å²) in [7, 11) is 0. The van der Waals surface area contributed by atoms with Crippen molar-refractivity contribution in [2.75, 3.05) is 0 Å². The molecule has 0 spiro atoms. The second kappa shape index (κ2) is 2.54. The van der Waals surface area contributed by atoms with Gasteiger partial charge in [-0.3, -0.25) is 9.59 Å². The van der Waals surface area contributed by atoms with Crippen LogP contribution in [0.5, 0.6) is 0 Å². The minimum atomic E-state index is -0.348. The maximum atomic E-state index is 10.7. The summed E-state index contributed by atoms with van der Waals surface area (Å²) in [6, 6.07) is 0. The van der Waals surface area contributed by atoms with Crippen LogP contribution in [0.25, 0.3) is 5.53 Å². The minimum Gasteiger partial charge on any atom is -0.360 e. The molecule has 0 aromatic heterocycles. The van der Waals surface area contributed by atoms with Gasteiger partial charge in [-0.15, -0.1) is 0 Å². The summed E-state index contributed by atoms with van der Waals surface area (Å²) in [6.45, 7) is 0. The van der Waals surface area contributed by atoms with E-state index in [1.807, 2.05) is 0 Å². The van der Waals surface area contributed by atoms with E-state index < -0.39 is 0 Å². The topological polar surface area (TPSA) is 70.5 Å². The number of ketones is 2. The highest BCUT2D eigenvalue weighted by Crippen LogP contribution is 2.06. The molecule has 0 unspecified atom stereocenters. The lowest BCUT2D eigenvalue weighted by Gasteiger charge is -2.00. The Morgan fingerprint density at radius 3 is 2.00 bits per heavy atom. The van der Waals surface area contributed by atoms with Crippen LogP contribution in [-0.4, -0.2) is 22.1 Å². The molecule has 4 heteroatoms. The summed E-state index contributed by atoms with van der Waals surface area (Å²) in [5.41, 5.74) is 7.89. The fourth-order valence-corrected chi connectivity index (χ4v) is 0.913. The SMILES string of the molecule is [N-]=[N+]=C1C(=O)CCCC1=O. The van der Waals surface area contributed by atoms with E-state index in [4.69, 9.17) is 5.53 Å². The molecule has 0 aromatic carbocycles. The van der Waals surface area contributed by atoms with Crippen molar-refractivity contribution in [2.45, 2.75) is 19.3 Å². The van der Waals surface area contributed by atoms with Crippen molar-refractivity contribution in [1.82, 2.24) is 0 Å². The second-order valence-electron chi connectivity index (χ2n) is 2.15. The summed E-state index contributed by atoms with van der Waals surface area (Å²) >= 11 is 0. The molecule has 52 valence electrons. The Morgan fingerprint density at radius 1 is 1.20 bits per heavy atom. The van der Waals surface area contributed by atoms with E-state index in [-0.39, 0.29) is 17.3 Å². The van der Waals surface area contributed by atoms with Crippen molar-refractivity contribution in [3.63, 3.8) is 0 Å². The van der Waals surface area contributed by atoms with Gasteiger partial charge in [0.15, 0.2) is 0 Å². The van der Waals surface area contributed by atoms with E-state index in [1.54, 1.807) is 0 Å². The molecule has 1 rings (SSSR count). The van der Waals surface area contributed by atoms with Crippen molar-refractivity contribution in [2.24, 2.45) is 0 Å². The van der Waals surface area contributed by atoms with Crippen LogP contribution >= 0.6 is 0 Å². The zero-order valence-corrected chi connectivity index (χ0v) is 5.33. The van der Waals surface area contributed by atoms with E-state index >= 15 is 0 Å². The molecule has 0 saturated heterocycles. The molecule has 0 aliphatic heterocycles. The highest BCUT2D eigenvalue weighted by molar-refractivity contribution is 6.64. The third kappa shape index (κ3) is 1.01. The van der Waals surface area contributed by atoms with E-state index in [1.165, 1.54) is 0 Å². The molecule has 0 radical (unpaired) electrons. The van der Waals surface area contributed by atoms with Crippen LogP contribution < -0.4 is 0 Å². The molecule has 0 bridgehead atoms. The van der Waals surface area contributed by atoms with Crippen molar-refractivity contribution in [3.8, 4) is 0 Å². The Kier molecular flexibility index (Phi) is 1.73. The van der Waals surface area contributed by atoms with Gasteiger partial charge >= 0.3 is 5.71 Å². The quantitative estimate of drug-likeness (QED) is 0.348. The van der Waals surface area contributed by atoms with Gasteiger partial charge in [0.25, 0.3) is 0 Å². The maximum Gasteiger partial charge on any atom is 0.400 e. The van der Waals surface area contributed by atoms with Gasteiger partial charge in [-0.2, -0.15) is 4.79 Å². The van der Waals surface area contributed by atoms with Crippen LogP contribution in [0.2, 0.25) is 0 Å². The van der Waals surface area contributed by atoms with Gasteiger partial charge in [0.1, 0.15) is 0 Å². The third-order valence-electron chi connectivity index (χ3n) is 1.44.